The monoisotopic (exact) mass is 305 g/mol. The second kappa shape index (κ2) is 5.11. The SMILES string of the molecule is O=C(NCc1sncc1Br)NC1CC(O)C1. The number of hydrogen-bond donors (Lipinski definition) is 3. The number of aliphatic hydroxyl groups excluding tert-OH is 1. The molecule has 88 valence electrons. The zero-order valence-corrected chi connectivity index (χ0v) is 10.8. The summed E-state index contributed by atoms with van der Waals surface area (Å²) in [5.74, 6) is 0. The highest BCUT2D eigenvalue weighted by Gasteiger charge is 2.28. The summed E-state index contributed by atoms with van der Waals surface area (Å²) in [6, 6.07) is -0.0860. The normalized spacial score (nSPS) is 23.6. The molecule has 0 aromatic carbocycles. The van der Waals surface area contributed by atoms with Crippen molar-refractivity contribution in [3.63, 3.8) is 0 Å². The minimum atomic E-state index is -0.249. The second-order valence-corrected chi connectivity index (χ2v) is 5.49. The molecule has 2 rings (SSSR count). The standard InChI is InChI=1S/C9H12BrN3O2S/c10-7-3-12-16-8(7)4-11-9(15)13-5-1-6(14)2-5/h3,5-6,14H,1-2,4H2,(H2,11,13,15). The lowest BCUT2D eigenvalue weighted by Gasteiger charge is -2.31. The summed E-state index contributed by atoms with van der Waals surface area (Å²) in [6.45, 7) is 0.465. The van der Waals surface area contributed by atoms with Crippen LogP contribution in [0.15, 0.2) is 10.7 Å². The Labute approximate surface area is 106 Å². The highest BCUT2D eigenvalue weighted by Crippen LogP contribution is 2.20. The van der Waals surface area contributed by atoms with Gasteiger partial charge in [0, 0.05) is 6.04 Å². The van der Waals surface area contributed by atoms with Crippen LogP contribution >= 0.6 is 27.5 Å². The number of nitrogens with zero attached hydrogens (tertiary/aromatic N) is 1. The number of aliphatic hydroxyl groups is 1. The number of carbonyl (C=O) groups is 1. The van der Waals surface area contributed by atoms with Gasteiger partial charge < -0.3 is 15.7 Å². The van der Waals surface area contributed by atoms with Gasteiger partial charge in [-0.2, -0.15) is 4.37 Å². The van der Waals surface area contributed by atoms with E-state index in [9.17, 15) is 4.79 Å². The number of hydrogen-bond acceptors (Lipinski definition) is 4. The van der Waals surface area contributed by atoms with Gasteiger partial charge in [0.15, 0.2) is 0 Å². The van der Waals surface area contributed by atoms with Crippen LogP contribution < -0.4 is 10.6 Å². The number of carbonyl (C=O) groups excluding carboxylic acids is 1. The summed E-state index contributed by atoms with van der Waals surface area (Å²) in [6.07, 6.45) is 2.76. The maximum Gasteiger partial charge on any atom is 0.315 e. The van der Waals surface area contributed by atoms with Crippen LogP contribution in [0.1, 0.15) is 17.7 Å². The lowest BCUT2D eigenvalue weighted by atomic mass is 9.90. The van der Waals surface area contributed by atoms with Crippen molar-refractivity contribution < 1.29 is 9.90 Å². The van der Waals surface area contributed by atoms with Crippen LogP contribution in [0.25, 0.3) is 0 Å². The number of amides is 2. The van der Waals surface area contributed by atoms with E-state index in [2.05, 4.69) is 30.9 Å². The van der Waals surface area contributed by atoms with Gasteiger partial charge in [-0.1, -0.05) is 0 Å². The van der Waals surface area contributed by atoms with Crippen molar-refractivity contribution in [2.24, 2.45) is 0 Å². The zero-order valence-electron chi connectivity index (χ0n) is 8.44. The third-order valence-electron chi connectivity index (χ3n) is 2.45. The van der Waals surface area contributed by atoms with E-state index in [0.29, 0.717) is 19.4 Å². The predicted octanol–water partition coefficient (Wildman–Crippen LogP) is 1.23. The summed E-state index contributed by atoms with van der Waals surface area (Å²) < 4.78 is 4.90. The van der Waals surface area contributed by atoms with Gasteiger partial charge in [0.05, 0.1) is 28.2 Å². The van der Waals surface area contributed by atoms with E-state index in [4.69, 9.17) is 5.11 Å². The van der Waals surface area contributed by atoms with Gasteiger partial charge in [-0.05, 0) is 40.3 Å². The average molecular weight is 306 g/mol. The topological polar surface area (TPSA) is 74.2 Å². The molecule has 1 heterocycles. The molecular weight excluding hydrogens is 294 g/mol. The van der Waals surface area contributed by atoms with Crippen molar-refractivity contribution in [1.82, 2.24) is 15.0 Å². The fourth-order valence-corrected chi connectivity index (χ4v) is 2.63. The lowest BCUT2D eigenvalue weighted by molar-refractivity contribution is 0.0663. The Hall–Kier alpha value is -0.660. The highest BCUT2D eigenvalue weighted by molar-refractivity contribution is 9.10. The maximum absolute atomic E-state index is 11.4. The molecule has 1 fully saturated rings. The van der Waals surface area contributed by atoms with E-state index < -0.39 is 0 Å². The Morgan fingerprint density at radius 2 is 2.44 bits per heavy atom. The predicted molar refractivity (Wildman–Crippen MR) is 64.2 cm³/mol. The summed E-state index contributed by atoms with van der Waals surface area (Å²) in [4.78, 5) is 12.4. The Kier molecular flexibility index (Phi) is 3.78. The first-order valence-corrected chi connectivity index (χ1v) is 6.53. The van der Waals surface area contributed by atoms with Gasteiger partial charge in [-0.25, -0.2) is 4.79 Å². The number of halogens is 1. The van der Waals surface area contributed by atoms with E-state index >= 15 is 0 Å². The molecule has 1 aliphatic carbocycles. The first kappa shape index (κ1) is 11.8. The summed E-state index contributed by atoms with van der Waals surface area (Å²) in [7, 11) is 0. The van der Waals surface area contributed by atoms with Gasteiger partial charge in [0.1, 0.15) is 0 Å². The molecule has 5 nitrogen and oxygen atoms in total. The van der Waals surface area contributed by atoms with Gasteiger partial charge >= 0.3 is 6.03 Å². The molecule has 1 aliphatic rings. The van der Waals surface area contributed by atoms with Crippen LogP contribution in [0, 0.1) is 0 Å². The zero-order chi connectivity index (χ0) is 11.5. The average Bonchev–Trinajstić information content (AvgIpc) is 2.59. The second-order valence-electron chi connectivity index (χ2n) is 3.75. The molecule has 1 aromatic rings. The van der Waals surface area contributed by atoms with Crippen LogP contribution in [-0.2, 0) is 6.54 Å². The molecule has 0 aliphatic heterocycles. The molecule has 16 heavy (non-hydrogen) atoms. The van der Waals surface area contributed by atoms with E-state index in [-0.39, 0.29) is 18.2 Å². The Bertz CT molecular complexity index is 379. The van der Waals surface area contributed by atoms with E-state index in [0.717, 1.165) is 9.35 Å². The van der Waals surface area contributed by atoms with Crippen molar-refractivity contribution in [3.05, 3.63) is 15.5 Å². The number of urea groups is 1. The van der Waals surface area contributed by atoms with Gasteiger partial charge in [-0.15, -0.1) is 0 Å². The van der Waals surface area contributed by atoms with Crippen molar-refractivity contribution in [1.29, 1.82) is 0 Å². The molecule has 2 amide bonds. The molecule has 1 aromatic heterocycles. The summed E-state index contributed by atoms with van der Waals surface area (Å²) in [5, 5.41) is 14.6. The Morgan fingerprint density at radius 3 is 3.00 bits per heavy atom. The molecule has 7 heteroatoms. The number of aromatic nitrogens is 1. The Morgan fingerprint density at radius 1 is 1.69 bits per heavy atom. The molecule has 0 saturated heterocycles. The molecule has 0 radical (unpaired) electrons. The molecule has 0 atom stereocenters. The third-order valence-corrected chi connectivity index (χ3v) is 4.19. The number of rotatable bonds is 3. The molecule has 1 saturated carbocycles. The minimum absolute atomic E-state index is 0.111. The van der Waals surface area contributed by atoms with Crippen LogP contribution in [-0.4, -0.2) is 27.7 Å². The van der Waals surface area contributed by atoms with E-state index in [1.165, 1.54) is 11.5 Å². The highest BCUT2D eigenvalue weighted by atomic mass is 79.9. The largest absolute Gasteiger partial charge is 0.393 e. The van der Waals surface area contributed by atoms with Crippen LogP contribution in [0.2, 0.25) is 0 Å². The smallest absolute Gasteiger partial charge is 0.315 e. The van der Waals surface area contributed by atoms with Crippen LogP contribution in [0.3, 0.4) is 0 Å². The minimum Gasteiger partial charge on any atom is -0.393 e. The van der Waals surface area contributed by atoms with Crippen LogP contribution in [0.5, 0.6) is 0 Å². The first-order chi connectivity index (χ1) is 7.65. The molecule has 3 N–H and O–H groups in total. The van der Waals surface area contributed by atoms with Gasteiger partial charge in [0.2, 0.25) is 0 Å². The van der Waals surface area contributed by atoms with Gasteiger partial charge in [-0.3, -0.25) is 0 Å². The first-order valence-electron chi connectivity index (χ1n) is 4.96. The fourth-order valence-electron chi connectivity index (χ4n) is 1.47. The maximum atomic E-state index is 11.4. The number of nitrogens with one attached hydrogen (secondary N) is 2. The lowest BCUT2D eigenvalue weighted by Crippen LogP contribution is -2.49. The van der Waals surface area contributed by atoms with Crippen molar-refractivity contribution >= 4 is 33.5 Å². The summed E-state index contributed by atoms with van der Waals surface area (Å²) in [5.41, 5.74) is 0. The molecule has 0 unspecified atom stereocenters. The van der Waals surface area contributed by atoms with Crippen molar-refractivity contribution in [2.45, 2.75) is 31.5 Å². The van der Waals surface area contributed by atoms with Crippen molar-refractivity contribution in [3.8, 4) is 0 Å². The van der Waals surface area contributed by atoms with Gasteiger partial charge in [0.25, 0.3) is 0 Å². The summed E-state index contributed by atoms with van der Waals surface area (Å²) >= 11 is 4.69. The van der Waals surface area contributed by atoms with Crippen LogP contribution in [0.4, 0.5) is 4.79 Å². The molecule has 0 bridgehead atoms. The fraction of sp³-hybridized carbons (Fsp3) is 0.556. The Balaban J connectivity index is 1.70. The quantitative estimate of drug-likeness (QED) is 0.786. The molecule has 0 spiro atoms. The van der Waals surface area contributed by atoms with E-state index in [1.54, 1.807) is 6.20 Å². The molecular formula is C9H12BrN3O2S. The van der Waals surface area contributed by atoms with Crippen molar-refractivity contribution in [2.75, 3.05) is 0 Å². The third kappa shape index (κ3) is 2.93. The van der Waals surface area contributed by atoms with E-state index in [1.807, 2.05) is 0 Å².